The normalized spacial score (nSPS) is 18.6. The van der Waals surface area contributed by atoms with Crippen LogP contribution in [0.4, 0.5) is 17.6 Å². The summed E-state index contributed by atoms with van der Waals surface area (Å²) >= 11 is 0. The average molecular weight is 417 g/mol. The number of nitrogens with zero attached hydrogens (tertiary/aromatic N) is 2. The monoisotopic (exact) mass is 417 g/mol. The molecule has 2 N–H and O–H groups in total. The quantitative estimate of drug-likeness (QED) is 0.640. The highest BCUT2D eigenvalue weighted by Crippen LogP contribution is 2.39. The number of hydrogen-bond donors (Lipinski definition) is 1. The Labute approximate surface area is 168 Å². The van der Waals surface area contributed by atoms with Crippen LogP contribution in [0.15, 0.2) is 72.0 Å². The Balaban J connectivity index is 1.76. The zero-order valence-corrected chi connectivity index (χ0v) is 15.4. The smallest absolute Gasteiger partial charge is 0.462 e. The fourth-order valence-corrected chi connectivity index (χ4v) is 3.35. The number of alkyl halides is 3. The van der Waals surface area contributed by atoms with E-state index in [1.54, 1.807) is 24.3 Å². The molecule has 1 aromatic heterocycles. The summed E-state index contributed by atoms with van der Waals surface area (Å²) in [6.07, 6.45) is -2.15. The lowest BCUT2D eigenvalue weighted by atomic mass is 9.83. The van der Waals surface area contributed by atoms with Gasteiger partial charge in [-0.25, -0.2) is 9.38 Å². The largest absolute Gasteiger partial charge is 0.573 e. The third-order valence-electron chi connectivity index (χ3n) is 4.67. The molecule has 3 aromatic rings. The van der Waals surface area contributed by atoms with Gasteiger partial charge in [0.05, 0.1) is 6.20 Å². The summed E-state index contributed by atoms with van der Waals surface area (Å²) < 4.78 is 60.3. The van der Waals surface area contributed by atoms with Gasteiger partial charge in [-0.1, -0.05) is 30.3 Å². The zero-order valence-electron chi connectivity index (χ0n) is 15.4. The van der Waals surface area contributed by atoms with Crippen molar-refractivity contribution >= 4 is 6.02 Å². The van der Waals surface area contributed by atoms with Gasteiger partial charge in [0.2, 0.25) is 0 Å². The molecule has 2 heterocycles. The van der Waals surface area contributed by atoms with Gasteiger partial charge in [0, 0.05) is 11.8 Å². The molecule has 0 fully saturated rings. The van der Waals surface area contributed by atoms with Crippen molar-refractivity contribution in [1.29, 1.82) is 0 Å². The predicted octanol–water partition coefficient (Wildman–Crippen LogP) is 4.37. The van der Waals surface area contributed by atoms with E-state index in [0.29, 0.717) is 22.3 Å². The van der Waals surface area contributed by atoms with E-state index >= 15 is 0 Å². The fraction of sp³-hybridized carbons (Fsp3) is 0.143. The van der Waals surface area contributed by atoms with E-state index < -0.39 is 17.7 Å². The maximum Gasteiger partial charge on any atom is 0.573 e. The van der Waals surface area contributed by atoms with Crippen molar-refractivity contribution in [3.63, 3.8) is 0 Å². The molecule has 0 bridgehead atoms. The number of nitrogens with two attached hydrogens (primary N) is 1. The van der Waals surface area contributed by atoms with Crippen molar-refractivity contribution in [3.8, 4) is 16.9 Å². The maximum absolute atomic E-state index is 13.6. The van der Waals surface area contributed by atoms with Gasteiger partial charge in [-0.05, 0) is 41.0 Å². The van der Waals surface area contributed by atoms with Gasteiger partial charge in [0.25, 0.3) is 6.02 Å². The first-order chi connectivity index (χ1) is 14.2. The highest BCUT2D eigenvalue weighted by Gasteiger charge is 2.40. The average Bonchev–Trinajstić information content (AvgIpc) is 3.10. The maximum atomic E-state index is 13.6. The molecule has 0 saturated carbocycles. The lowest BCUT2D eigenvalue weighted by molar-refractivity contribution is -0.274. The van der Waals surface area contributed by atoms with Crippen molar-refractivity contribution in [3.05, 3.63) is 83.9 Å². The fourth-order valence-electron chi connectivity index (χ4n) is 3.35. The number of amidine groups is 1. The molecule has 1 unspecified atom stereocenters. The summed E-state index contributed by atoms with van der Waals surface area (Å²) in [5, 5.41) is 0. The minimum atomic E-state index is -4.79. The predicted molar refractivity (Wildman–Crippen MR) is 101 cm³/mol. The Morgan fingerprint density at radius 1 is 0.967 bits per heavy atom. The number of pyridine rings is 1. The number of ether oxygens (including phenoxy) is 2. The topological polar surface area (TPSA) is 69.7 Å². The summed E-state index contributed by atoms with van der Waals surface area (Å²) in [5.74, 6) is -0.823. The molecule has 0 amide bonds. The van der Waals surface area contributed by atoms with E-state index in [1.807, 2.05) is 0 Å². The molecule has 4 rings (SSSR count). The van der Waals surface area contributed by atoms with Crippen molar-refractivity contribution in [2.75, 3.05) is 6.61 Å². The van der Waals surface area contributed by atoms with Crippen LogP contribution in [0.5, 0.6) is 5.75 Å². The molecule has 1 aliphatic heterocycles. The van der Waals surface area contributed by atoms with E-state index in [0.717, 1.165) is 6.20 Å². The molecule has 1 atom stereocenters. The van der Waals surface area contributed by atoms with Crippen LogP contribution in [0.3, 0.4) is 0 Å². The Kier molecular flexibility index (Phi) is 4.81. The van der Waals surface area contributed by atoms with Gasteiger partial charge in [-0.3, -0.25) is 4.98 Å². The molecule has 1 aliphatic rings. The van der Waals surface area contributed by atoms with Crippen LogP contribution in [-0.4, -0.2) is 24.0 Å². The van der Waals surface area contributed by atoms with Gasteiger partial charge in [-0.2, -0.15) is 0 Å². The second-order valence-electron chi connectivity index (χ2n) is 6.64. The van der Waals surface area contributed by atoms with Gasteiger partial charge in [0.1, 0.15) is 18.2 Å². The van der Waals surface area contributed by atoms with Gasteiger partial charge in [0.15, 0.2) is 5.54 Å². The standard InChI is InChI=1S/C21H15F4N3O2/c22-17-9-14(10-27-11-17)13-2-1-3-16(8-13)20(12-29-19(26)28-20)15-4-6-18(7-5-15)30-21(23,24)25/h1-11H,12H2,(H2,26,28). The third-order valence-corrected chi connectivity index (χ3v) is 4.67. The summed E-state index contributed by atoms with van der Waals surface area (Å²) in [7, 11) is 0. The Morgan fingerprint density at radius 2 is 1.73 bits per heavy atom. The highest BCUT2D eigenvalue weighted by molar-refractivity contribution is 5.75. The van der Waals surface area contributed by atoms with E-state index in [2.05, 4.69) is 14.7 Å². The van der Waals surface area contributed by atoms with Crippen LogP contribution in [0.2, 0.25) is 0 Å². The second-order valence-corrected chi connectivity index (χ2v) is 6.64. The second kappa shape index (κ2) is 7.33. The molecular formula is C21H15F4N3O2. The summed E-state index contributed by atoms with van der Waals surface area (Å²) in [6, 6.07) is 13.8. The number of benzene rings is 2. The molecular weight excluding hydrogens is 402 g/mol. The molecule has 0 aliphatic carbocycles. The zero-order chi connectivity index (χ0) is 21.4. The number of hydrogen-bond acceptors (Lipinski definition) is 5. The Hall–Kier alpha value is -3.62. The van der Waals surface area contributed by atoms with E-state index in [4.69, 9.17) is 10.5 Å². The molecule has 0 spiro atoms. The molecule has 9 heteroatoms. The van der Waals surface area contributed by atoms with Gasteiger partial charge < -0.3 is 15.2 Å². The van der Waals surface area contributed by atoms with Crippen molar-refractivity contribution in [1.82, 2.24) is 4.98 Å². The molecule has 5 nitrogen and oxygen atoms in total. The van der Waals surface area contributed by atoms with Crippen molar-refractivity contribution < 1.29 is 27.0 Å². The number of halogens is 4. The van der Waals surface area contributed by atoms with Crippen LogP contribution in [0.25, 0.3) is 11.1 Å². The van der Waals surface area contributed by atoms with Crippen molar-refractivity contribution in [2.45, 2.75) is 11.9 Å². The number of aliphatic imine (C=N–C) groups is 1. The van der Waals surface area contributed by atoms with Crippen LogP contribution < -0.4 is 10.5 Å². The van der Waals surface area contributed by atoms with Crippen LogP contribution in [-0.2, 0) is 10.3 Å². The Bertz CT molecular complexity index is 1100. The van der Waals surface area contributed by atoms with E-state index in [9.17, 15) is 17.6 Å². The molecule has 0 radical (unpaired) electrons. The first-order valence-electron chi connectivity index (χ1n) is 8.81. The molecule has 2 aromatic carbocycles. The molecule has 154 valence electrons. The molecule has 0 saturated heterocycles. The molecule has 30 heavy (non-hydrogen) atoms. The lowest BCUT2D eigenvalue weighted by Crippen LogP contribution is -2.27. The minimum Gasteiger partial charge on any atom is -0.462 e. The first-order valence-corrected chi connectivity index (χ1v) is 8.81. The lowest BCUT2D eigenvalue weighted by Gasteiger charge is -2.26. The van der Waals surface area contributed by atoms with Gasteiger partial charge >= 0.3 is 6.36 Å². The SMILES string of the molecule is NC1=NC(c2ccc(OC(F)(F)F)cc2)(c2cccc(-c3cncc(F)c3)c2)CO1. The first kappa shape index (κ1) is 19.7. The van der Waals surface area contributed by atoms with E-state index in [-0.39, 0.29) is 18.4 Å². The summed E-state index contributed by atoms with van der Waals surface area (Å²) in [6.45, 7) is 0.0587. The summed E-state index contributed by atoms with van der Waals surface area (Å²) in [5.41, 5.74) is 7.19. The van der Waals surface area contributed by atoms with E-state index in [1.165, 1.54) is 36.5 Å². The van der Waals surface area contributed by atoms with Crippen LogP contribution in [0.1, 0.15) is 11.1 Å². The summed E-state index contributed by atoms with van der Waals surface area (Å²) in [4.78, 5) is 8.30. The van der Waals surface area contributed by atoms with Gasteiger partial charge in [-0.15, -0.1) is 13.2 Å². The van der Waals surface area contributed by atoms with Crippen LogP contribution >= 0.6 is 0 Å². The highest BCUT2D eigenvalue weighted by atomic mass is 19.4. The Morgan fingerprint density at radius 3 is 2.37 bits per heavy atom. The number of rotatable bonds is 4. The van der Waals surface area contributed by atoms with Crippen molar-refractivity contribution in [2.24, 2.45) is 10.7 Å². The minimum absolute atomic E-state index is 0.0385. The van der Waals surface area contributed by atoms with Crippen LogP contribution in [0, 0.1) is 5.82 Å². The number of aromatic nitrogens is 1. The third kappa shape index (κ3) is 3.91.